The number of anilines is 1. The van der Waals surface area contributed by atoms with Crippen molar-refractivity contribution < 1.29 is 38.9 Å². The Hall–Kier alpha value is -3.35. The maximum Gasteiger partial charge on any atom is 0.328 e. The molecule has 2 aliphatic heterocycles. The van der Waals surface area contributed by atoms with Crippen LogP contribution >= 0.6 is 11.6 Å². The molecule has 2 fully saturated rings. The minimum atomic E-state index is -1.26. The zero-order chi connectivity index (χ0) is 31.6. The highest BCUT2D eigenvalue weighted by Gasteiger charge is 2.34. The molecule has 2 amide bonds. The number of carboxylic acids is 2. The molecule has 1 aromatic carbocycles. The largest absolute Gasteiger partial charge is 0.496 e. The van der Waals surface area contributed by atoms with Crippen LogP contribution in [0.1, 0.15) is 50.4 Å². The first-order valence-corrected chi connectivity index (χ1v) is 14.2. The fourth-order valence-electron chi connectivity index (χ4n) is 5.01. The van der Waals surface area contributed by atoms with Crippen LogP contribution in [0.3, 0.4) is 0 Å². The van der Waals surface area contributed by atoms with Crippen LogP contribution in [-0.4, -0.2) is 103 Å². The van der Waals surface area contributed by atoms with E-state index in [1.807, 2.05) is 25.7 Å². The number of methoxy groups -OCH3 is 2. The first kappa shape index (κ1) is 34.8. The molecule has 0 unspecified atom stereocenters. The predicted molar refractivity (Wildman–Crippen MR) is 159 cm³/mol. The Bertz CT molecular complexity index is 1130. The topological polar surface area (TPSA) is 172 Å². The quantitative estimate of drug-likeness (QED) is 0.253. The number of carboxylic acid groups (broad SMARTS) is 2. The number of hydrogen-bond donors (Lipinski definition) is 4. The minimum absolute atomic E-state index is 0.110. The Morgan fingerprint density at radius 3 is 2.14 bits per heavy atom. The lowest BCUT2D eigenvalue weighted by molar-refractivity contribution is -0.141. The molecule has 2 atom stereocenters. The van der Waals surface area contributed by atoms with Crippen LogP contribution in [0, 0.1) is 11.3 Å². The van der Waals surface area contributed by atoms with Crippen molar-refractivity contribution >= 4 is 41.0 Å². The molecule has 42 heavy (non-hydrogen) atoms. The van der Waals surface area contributed by atoms with Gasteiger partial charge in [-0.1, -0.05) is 32.4 Å². The number of nitrogens with one attached hydrogen (secondary N) is 1. The third-order valence-electron chi connectivity index (χ3n) is 7.25. The third kappa shape index (κ3) is 10.5. The van der Waals surface area contributed by atoms with Crippen molar-refractivity contribution in [2.45, 2.75) is 52.2 Å². The summed E-state index contributed by atoms with van der Waals surface area (Å²) in [6, 6.07) is 2.99. The minimum Gasteiger partial charge on any atom is -0.496 e. The van der Waals surface area contributed by atoms with Gasteiger partial charge in [0, 0.05) is 63.5 Å². The Kier molecular flexibility index (Phi) is 13.1. The van der Waals surface area contributed by atoms with Crippen molar-refractivity contribution in [2.24, 2.45) is 11.3 Å². The summed E-state index contributed by atoms with van der Waals surface area (Å²) in [6.07, 6.45) is 3.83. The molecule has 0 spiro atoms. The van der Waals surface area contributed by atoms with E-state index in [1.165, 1.54) is 7.11 Å². The van der Waals surface area contributed by atoms with Gasteiger partial charge in [0.2, 0.25) is 5.91 Å². The highest BCUT2D eigenvalue weighted by Crippen LogP contribution is 2.30. The van der Waals surface area contributed by atoms with E-state index in [0.29, 0.717) is 40.1 Å². The van der Waals surface area contributed by atoms with Gasteiger partial charge in [0.15, 0.2) is 0 Å². The average molecular weight is 611 g/mol. The van der Waals surface area contributed by atoms with Crippen molar-refractivity contribution in [2.75, 3.05) is 52.7 Å². The Morgan fingerprint density at radius 2 is 1.64 bits per heavy atom. The molecule has 0 saturated carbocycles. The van der Waals surface area contributed by atoms with Gasteiger partial charge >= 0.3 is 11.9 Å². The number of piperidine rings is 2. The molecule has 3 rings (SSSR count). The summed E-state index contributed by atoms with van der Waals surface area (Å²) in [4.78, 5) is 49.1. The van der Waals surface area contributed by atoms with Crippen molar-refractivity contribution in [1.82, 2.24) is 15.1 Å². The van der Waals surface area contributed by atoms with Gasteiger partial charge in [0.05, 0.1) is 35.5 Å². The third-order valence-corrected chi connectivity index (χ3v) is 7.58. The van der Waals surface area contributed by atoms with Gasteiger partial charge in [-0.2, -0.15) is 0 Å². The van der Waals surface area contributed by atoms with Crippen molar-refractivity contribution in [3.8, 4) is 5.75 Å². The zero-order valence-corrected chi connectivity index (χ0v) is 25.6. The molecule has 0 radical (unpaired) electrons. The second-order valence-electron chi connectivity index (χ2n) is 11.5. The molecule has 5 N–H and O–H groups in total. The standard InChI is InChI=1S/C25H39ClN4O4.C4H4O4/c1-25(2,3)24(32)30-10-6-16(7-11-30)14-29-9-8-20(22(15-29)34-5)28-23(31)17-12-18(26)19(27)13-21(17)33-4;5-3(6)1-2-4(7)8/h12-13,16,20,22H,6-11,14-15,27H2,1-5H3,(H,28,31);1-2H,(H,5,6)(H,7,8)/t20-,22+;/m0./s1. The smallest absolute Gasteiger partial charge is 0.328 e. The van der Waals surface area contributed by atoms with E-state index in [0.717, 1.165) is 52.0 Å². The summed E-state index contributed by atoms with van der Waals surface area (Å²) >= 11 is 6.13. The molecule has 234 valence electrons. The van der Waals surface area contributed by atoms with E-state index in [9.17, 15) is 19.2 Å². The first-order valence-electron chi connectivity index (χ1n) is 13.8. The van der Waals surface area contributed by atoms with Gasteiger partial charge in [-0.15, -0.1) is 0 Å². The number of amides is 2. The van der Waals surface area contributed by atoms with Crippen molar-refractivity contribution in [1.29, 1.82) is 0 Å². The lowest BCUT2D eigenvalue weighted by atomic mass is 9.90. The number of aliphatic carboxylic acids is 2. The van der Waals surface area contributed by atoms with Gasteiger partial charge in [0.1, 0.15) is 5.75 Å². The zero-order valence-electron chi connectivity index (χ0n) is 24.9. The molecular weight excluding hydrogens is 568 g/mol. The molecule has 0 aliphatic carbocycles. The number of halogens is 1. The van der Waals surface area contributed by atoms with E-state index in [-0.39, 0.29) is 29.4 Å². The molecule has 13 heteroatoms. The molecule has 12 nitrogen and oxygen atoms in total. The number of hydrogen-bond acceptors (Lipinski definition) is 8. The van der Waals surface area contributed by atoms with E-state index in [2.05, 4.69) is 10.2 Å². The number of carbonyl (C=O) groups is 4. The average Bonchev–Trinajstić information content (AvgIpc) is 2.93. The summed E-state index contributed by atoms with van der Waals surface area (Å²) in [5.74, 6) is -1.58. The maximum absolute atomic E-state index is 13.0. The molecule has 0 aromatic heterocycles. The number of carbonyl (C=O) groups excluding carboxylic acids is 2. The van der Waals surface area contributed by atoms with E-state index >= 15 is 0 Å². The summed E-state index contributed by atoms with van der Waals surface area (Å²) in [6.45, 7) is 10.2. The first-order chi connectivity index (χ1) is 19.7. The van der Waals surface area contributed by atoms with Gasteiger partial charge in [0.25, 0.3) is 5.91 Å². The molecule has 2 aliphatic rings. The molecule has 0 bridgehead atoms. The van der Waals surface area contributed by atoms with E-state index in [4.69, 9.17) is 37.0 Å². The number of ether oxygens (including phenoxy) is 2. The number of rotatable bonds is 8. The molecular formula is C29H43ClN4O8. The highest BCUT2D eigenvalue weighted by atomic mass is 35.5. The fraction of sp³-hybridized carbons (Fsp3) is 0.586. The summed E-state index contributed by atoms with van der Waals surface area (Å²) in [7, 11) is 3.18. The predicted octanol–water partition coefficient (Wildman–Crippen LogP) is 2.75. The van der Waals surface area contributed by atoms with Crippen LogP contribution in [0.25, 0.3) is 0 Å². The monoisotopic (exact) mass is 610 g/mol. The number of benzene rings is 1. The number of nitrogens with two attached hydrogens (primary N) is 1. The van der Waals surface area contributed by atoms with Crippen LogP contribution in [0.5, 0.6) is 5.75 Å². The SMILES string of the molecule is COc1cc(N)c(Cl)cc1C(=O)N[C@H]1CCN(CC2CCN(C(=O)C(C)(C)C)CC2)C[C@H]1OC.O=C(O)C=CC(=O)O. The van der Waals surface area contributed by atoms with Gasteiger partial charge in [-0.3, -0.25) is 9.59 Å². The number of nitrogens with zero attached hydrogens (tertiary/aromatic N) is 2. The summed E-state index contributed by atoms with van der Waals surface area (Å²) in [5.41, 5.74) is 6.24. The fourth-order valence-corrected chi connectivity index (χ4v) is 5.18. The van der Waals surface area contributed by atoms with Crippen LogP contribution < -0.4 is 15.8 Å². The van der Waals surface area contributed by atoms with Crippen LogP contribution in [-0.2, 0) is 19.1 Å². The van der Waals surface area contributed by atoms with Crippen molar-refractivity contribution in [3.63, 3.8) is 0 Å². The highest BCUT2D eigenvalue weighted by molar-refractivity contribution is 6.33. The summed E-state index contributed by atoms with van der Waals surface area (Å²) in [5, 5.41) is 19.0. The maximum atomic E-state index is 13.0. The lowest BCUT2D eigenvalue weighted by Gasteiger charge is -2.41. The lowest BCUT2D eigenvalue weighted by Crippen LogP contribution is -2.56. The van der Waals surface area contributed by atoms with Gasteiger partial charge in [-0.25, -0.2) is 9.59 Å². The van der Waals surface area contributed by atoms with E-state index in [1.54, 1.807) is 19.2 Å². The van der Waals surface area contributed by atoms with Crippen LogP contribution in [0.2, 0.25) is 5.02 Å². The molecule has 2 heterocycles. The number of nitrogen functional groups attached to an aromatic ring is 1. The van der Waals surface area contributed by atoms with Crippen LogP contribution in [0.15, 0.2) is 24.3 Å². The second-order valence-corrected chi connectivity index (χ2v) is 11.9. The molecule has 2 saturated heterocycles. The Balaban J connectivity index is 0.000000675. The van der Waals surface area contributed by atoms with Crippen molar-refractivity contribution in [3.05, 3.63) is 34.9 Å². The van der Waals surface area contributed by atoms with Crippen LogP contribution in [0.4, 0.5) is 5.69 Å². The Morgan fingerprint density at radius 1 is 1.05 bits per heavy atom. The number of likely N-dealkylation sites (tertiary alicyclic amines) is 2. The second kappa shape index (κ2) is 15.8. The Labute approximate surface area is 251 Å². The normalized spacial score (nSPS) is 20.0. The summed E-state index contributed by atoms with van der Waals surface area (Å²) < 4.78 is 11.1. The van der Waals surface area contributed by atoms with Gasteiger partial charge < -0.3 is 40.5 Å². The molecule has 1 aromatic rings. The van der Waals surface area contributed by atoms with Gasteiger partial charge in [-0.05, 0) is 31.2 Å². The van der Waals surface area contributed by atoms with E-state index < -0.39 is 11.9 Å².